The standard InChI is InChI=1S/C13H15ClN2O4S/c1-3-10-13(18)15-12(17)7-16(10)21(19,20)11-5-4-8(2)6-9(11)14/h4-6,10H,3,7H2,1-2H3,(H,15,17,18). The SMILES string of the molecule is CCC1C(=O)NC(=O)CN1S(=O)(=O)c1ccc(C)cc1Cl. The first-order valence-corrected chi connectivity index (χ1v) is 8.21. The summed E-state index contributed by atoms with van der Waals surface area (Å²) in [6.45, 7) is 3.07. The largest absolute Gasteiger partial charge is 0.294 e. The van der Waals surface area contributed by atoms with Crippen LogP contribution in [0, 0.1) is 6.92 Å². The van der Waals surface area contributed by atoms with Gasteiger partial charge < -0.3 is 0 Å². The number of benzene rings is 1. The normalized spacial score (nSPS) is 20.4. The van der Waals surface area contributed by atoms with E-state index in [2.05, 4.69) is 5.32 Å². The minimum absolute atomic E-state index is 0.0725. The second-order valence-corrected chi connectivity index (χ2v) is 7.09. The Morgan fingerprint density at radius 1 is 1.38 bits per heavy atom. The van der Waals surface area contributed by atoms with Gasteiger partial charge in [0.1, 0.15) is 10.9 Å². The molecule has 0 aromatic heterocycles. The smallest absolute Gasteiger partial charge is 0.245 e. The molecule has 1 saturated heterocycles. The molecule has 1 aliphatic heterocycles. The molecular formula is C13H15ClN2O4S. The molecule has 1 fully saturated rings. The van der Waals surface area contributed by atoms with E-state index in [0.29, 0.717) is 0 Å². The van der Waals surface area contributed by atoms with Crippen LogP contribution in [-0.2, 0) is 19.6 Å². The molecule has 1 aliphatic rings. The van der Waals surface area contributed by atoms with Gasteiger partial charge in [-0.25, -0.2) is 8.42 Å². The van der Waals surface area contributed by atoms with Gasteiger partial charge in [-0.2, -0.15) is 4.31 Å². The van der Waals surface area contributed by atoms with Gasteiger partial charge in [0, 0.05) is 0 Å². The fourth-order valence-corrected chi connectivity index (χ4v) is 4.42. The quantitative estimate of drug-likeness (QED) is 0.840. The summed E-state index contributed by atoms with van der Waals surface area (Å²) in [5.74, 6) is -1.25. The molecule has 1 heterocycles. The van der Waals surface area contributed by atoms with Crippen LogP contribution in [0.3, 0.4) is 0 Å². The van der Waals surface area contributed by atoms with Gasteiger partial charge >= 0.3 is 0 Å². The first-order chi connectivity index (χ1) is 9.77. The van der Waals surface area contributed by atoms with E-state index < -0.39 is 34.4 Å². The Kier molecular flexibility index (Phi) is 4.36. The van der Waals surface area contributed by atoms with Crippen LogP contribution >= 0.6 is 11.6 Å². The van der Waals surface area contributed by atoms with Gasteiger partial charge in [-0.1, -0.05) is 24.6 Å². The molecule has 1 aromatic carbocycles. The minimum Gasteiger partial charge on any atom is -0.294 e. The topological polar surface area (TPSA) is 83.6 Å². The van der Waals surface area contributed by atoms with Crippen molar-refractivity contribution in [3.8, 4) is 0 Å². The third-order valence-electron chi connectivity index (χ3n) is 3.27. The number of hydrogen-bond acceptors (Lipinski definition) is 4. The maximum atomic E-state index is 12.7. The highest BCUT2D eigenvalue weighted by Gasteiger charge is 2.41. The lowest BCUT2D eigenvalue weighted by atomic mass is 10.2. The maximum absolute atomic E-state index is 12.7. The lowest BCUT2D eigenvalue weighted by Gasteiger charge is -2.32. The number of imide groups is 1. The summed E-state index contributed by atoms with van der Waals surface area (Å²) in [7, 11) is -4.02. The molecular weight excluding hydrogens is 316 g/mol. The van der Waals surface area contributed by atoms with E-state index in [4.69, 9.17) is 11.6 Å². The number of carbonyl (C=O) groups excluding carboxylic acids is 2. The summed E-state index contributed by atoms with van der Waals surface area (Å²) >= 11 is 6.01. The van der Waals surface area contributed by atoms with E-state index in [9.17, 15) is 18.0 Å². The second-order valence-electron chi connectivity index (χ2n) is 4.82. The molecule has 1 aromatic rings. The molecule has 6 nitrogen and oxygen atoms in total. The number of carbonyl (C=O) groups is 2. The predicted molar refractivity (Wildman–Crippen MR) is 77.3 cm³/mol. The zero-order valence-corrected chi connectivity index (χ0v) is 13.2. The molecule has 2 amide bonds. The van der Waals surface area contributed by atoms with Gasteiger partial charge in [0.25, 0.3) is 0 Å². The number of hydrogen-bond donors (Lipinski definition) is 1. The van der Waals surface area contributed by atoms with Gasteiger partial charge in [-0.3, -0.25) is 14.9 Å². The second kappa shape index (κ2) is 5.75. The van der Waals surface area contributed by atoms with Crippen molar-refractivity contribution in [2.45, 2.75) is 31.2 Å². The van der Waals surface area contributed by atoms with Gasteiger partial charge in [0.05, 0.1) is 11.6 Å². The van der Waals surface area contributed by atoms with Crippen molar-refractivity contribution in [3.05, 3.63) is 28.8 Å². The predicted octanol–water partition coefficient (Wildman–Crippen LogP) is 1.07. The Hall–Kier alpha value is -1.44. The van der Waals surface area contributed by atoms with Crippen LogP contribution in [0.15, 0.2) is 23.1 Å². The zero-order chi connectivity index (χ0) is 15.8. The van der Waals surface area contributed by atoms with Crippen LogP contribution in [0.2, 0.25) is 5.02 Å². The molecule has 0 bridgehead atoms. The molecule has 2 rings (SSSR count). The van der Waals surface area contributed by atoms with Crippen LogP contribution < -0.4 is 5.32 Å². The molecule has 1 atom stereocenters. The Balaban J connectivity index is 2.50. The van der Waals surface area contributed by atoms with Gasteiger partial charge in [0.15, 0.2) is 0 Å². The number of sulfonamides is 1. The summed E-state index contributed by atoms with van der Waals surface area (Å²) in [6.07, 6.45) is 0.266. The van der Waals surface area contributed by atoms with E-state index in [1.165, 1.54) is 12.1 Å². The summed E-state index contributed by atoms with van der Waals surface area (Å²) < 4.78 is 26.3. The van der Waals surface area contributed by atoms with Crippen molar-refractivity contribution in [2.24, 2.45) is 0 Å². The summed E-state index contributed by atoms with van der Waals surface area (Å²) in [5.41, 5.74) is 0.818. The van der Waals surface area contributed by atoms with Crippen LogP contribution in [-0.4, -0.2) is 37.1 Å². The Morgan fingerprint density at radius 3 is 2.62 bits per heavy atom. The van der Waals surface area contributed by atoms with Gasteiger partial charge in [-0.05, 0) is 31.0 Å². The first-order valence-electron chi connectivity index (χ1n) is 6.39. The van der Waals surface area contributed by atoms with E-state index in [1.54, 1.807) is 19.9 Å². The highest BCUT2D eigenvalue weighted by molar-refractivity contribution is 7.89. The van der Waals surface area contributed by atoms with Crippen molar-refractivity contribution in [2.75, 3.05) is 6.54 Å². The maximum Gasteiger partial charge on any atom is 0.245 e. The van der Waals surface area contributed by atoms with Crippen molar-refractivity contribution < 1.29 is 18.0 Å². The highest BCUT2D eigenvalue weighted by Crippen LogP contribution is 2.28. The molecule has 0 saturated carbocycles. The van der Waals surface area contributed by atoms with E-state index >= 15 is 0 Å². The zero-order valence-electron chi connectivity index (χ0n) is 11.6. The molecule has 0 radical (unpaired) electrons. The van der Waals surface area contributed by atoms with Crippen LogP contribution in [0.5, 0.6) is 0 Å². The van der Waals surface area contributed by atoms with Crippen molar-refractivity contribution in [1.82, 2.24) is 9.62 Å². The summed E-state index contributed by atoms with van der Waals surface area (Å²) in [5, 5.41) is 2.21. The number of nitrogens with zero attached hydrogens (tertiary/aromatic N) is 1. The number of amides is 2. The van der Waals surface area contributed by atoms with E-state index in [0.717, 1.165) is 9.87 Å². The average Bonchev–Trinajstić information content (AvgIpc) is 2.37. The fraction of sp³-hybridized carbons (Fsp3) is 0.385. The number of halogens is 1. The lowest BCUT2D eigenvalue weighted by Crippen LogP contribution is -2.59. The Morgan fingerprint density at radius 2 is 2.05 bits per heavy atom. The Bertz CT molecular complexity index is 702. The monoisotopic (exact) mass is 330 g/mol. The molecule has 114 valence electrons. The highest BCUT2D eigenvalue weighted by atomic mass is 35.5. The first kappa shape index (κ1) is 15.9. The third kappa shape index (κ3) is 2.95. The summed E-state index contributed by atoms with van der Waals surface area (Å²) in [4.78, 5) is 23.2. The molecule has 1 unspecified atom stereocenters. The Labute approximate surface area is 128 Å². The molecule has 0 aliphatic carbocycles. The van der Waals surface area contributed by atoms with Crippen molar-refractivity contribution >= 4 is 33.4 Å². The van der Waals surface area contributed by atoms with Crippen molar-refractivity contribution in [3.63, 3.8) is 0 Å². The molecule has 8 heteroatoms. The fourth-order valence-electron chi connectivity index (χ4n) is 2.23. The third-order valence-corrected chi connectivity index (χ3v) is 5.61. The van der Waals surface area contributed by atoms with Crippen LogP contribution in [0.25, 0.3) is 0 Å². The summed E-state index contributed by atoms with van der Waals surface area (Å²) in [6, 6.07) is 3.62. The van der Waals surface area contributed by atoms with Gasteiger partial charge in [-0.15, -0.1) is 0 Å². The van der Waals surface area contributed by atoms with E-state index in [-0.39, 0.29) is 16.3 Å². The van der Waals surface area contributed by atoms with Crippen LogP contribution in [0.4, 0.5) is 0 Å². The molecule has 1 N–H and O–H groups in total. The lowest BCUT2D eigenvalue weighted by molar-refractivity contribution is -0.137. The number of rotatable bonds is 3. The van der Waals surface area contributed by atoms with E-state index in [1.807, 2.05) is 0 Å². The van der Waals surface area contributed by atoms with Gasteiger partial charge in [0.2, 0.25) is 21.8 Å². The van der Waals surface area contributed by atoms with Crippen molar-refractivity contribution in [1.29, 1.82) is 0 Å². The number of piperazine rings is 1. The minimum atomic E-state index is -4.02. The number of nitrogens with one attached hydrogen (secondary N) is 1. The van der Waals surface area contributed by atoms with Crippen LogP contribution in [0.1, 0.15) is 18.9 Å². The molecule has 21 heavy (non-hydrogen) atoms. The average molecular weight is 331 g/mol. The number of aryl methyl sites for hydroxylation is 1. The molecule has 0 spiro atoms.